The molecule has 0 aliphatic rings. The maximum Gasteiger partial charge on any atom is 0.404 e. The lowest BCUT2D eigenvalue weighted by atomic mass is 9.95. The first-order chi connectivity index (χ1) is 7.11. The predicted octanol–water partition coefficient (Wildman–Crippen LogP) is 2.62. The van der Waals surface area contributed by atoms with Gasteiger partial charge in [0.15, 0.2) is 0 Å². The molecule has 0 bridgehead atoms. The molecule has 0 saturated carbocycles. The smallest absolute Gasteiger partial charge is 0.404 e. The topological polar surface area (TPSA) is 49.3 Å². The first-order valence-corrected chi connectivity index (χ1v) is 5.16. The predicted molar refractivity (Wildman–Crippen MR) is 60.3 cm³/mol. The van der Waals surface area contributed by atoms with Gasteiger partial charge in [-0.2, -0.15) is 0 Å². The summed E-state index contributed by atoms with van der Waals surface area (Å²) in [6.07, 6.45) is -0.210. The lowest BCUT2D eigenvalue weighted by Crippen LogP contribution is -2.23. The van der Waals surface area contributed by atoms with Gasteiger partial charge in [0.25, 0.3) is 0 Å². The van der Waals surface area contributed by atoms with E-state index in [0.717, 1.165) is 6.42 Å². The maximum absolute atomic E-state index is 10.3. The molecule has 3 heteroatoms. The van der Waals surface area contributed by atoms with Gasteiger partial charge in [0, 0.05) is 6.54 Å². The van der Waals surface area contributed by atoms with E-state index >= 15 is 0 Å². The van der Waals surface area contributed by atoms with Gasteiger partial charge in [-0.25, -0.2) is 4.79 Å². The van der Waals surface area contributed by atoms with E-state index in [-0.39, 0.29) is 0 Å². The molecule has 3 nitrogen and oxygen atoms in total. The van der Waals surface area contributed by atoms with Gasteiger partial charge < -0.3 is 10.4 Å². The highest BCUT2D eigenvalue weighted by atomic mass is 16.4. The van der Waals surface area contributed by atoms with Crippen LogP contribution in [0.25, 0.3) is 0 Å². The fourth-order valence-electron chi connectivity index (χ4n) is 1.63. The van der Waals surface area contributed by atoms with Gasteiger partial charge in [0.05, 0.1) is 0 Å². The zero-order valence-corrected chi connectivity index (χ0v) is 9.16. The molecule has 1 amide bonds. The molecule has 0 fully saturated rings. The third-order valence-corrected chi connectivity index (χ3v) is 2.35. The zero-order valence-electron chi connectivity index (χ0n) is 9.16. The van der Waals surface area contributed by atoms with Crippen LogP contribution in [0.5, 0.6) is 0 Å². The number of hydrogen-bond acceptors (Lipinski definition) is 1. The highest BCUT2D eigenvalue weighted by molar-refractivity contribution is 5.64. The highest BCUT2D eigenvalue weighted by Crippen LogP contribution is 2.19. The summed E-state index contributed by atoms with van der Waals surface area (Å²) in [6, 6.07) is 8.16. The molecule has 1 rings (SSSR count). The van der Waals surface area contributed by atoms with Crippen molar-refractivity contribution < 1.29 is 9.90 Å². The number of carbonyl (C=O) groups is 1. The van der Waals surface area contributed by atoms with Crippen molar-refractivity contribution >= 4 is 6.09 Å². The summed E-state index contributed by atoms with van der Waals surface area (Å²) >= 11 is 0. The maximum atomic E-state index is 10.3. The van der Waals surface area contributed by atoms with Crippen LogP contribution in [0.1, 0.15) is 30.9 Å². The number of benzene rings is 1. The van der Waals surface area contributed by atoms with Crippen molar-refractivity contribution in [3.8, 4) is 0 Å². The van der Waals surface area contributed by atoms with Crippen molar-refractivity contribution in [2.75, 3.05) is 6.54 Å². The molecule has 2 N–H and O–H groups in total. The lowest BCUT2D eigenvalue weighted by molar-refractivity contribution is 0.194. The van der Waals surface area contributed by atoms with Crippen LogP contribution in [-0.4, -0.2) is 17.7 Å². The van der Waals surface area contributed by atoms with Crippen LogP contribution in [0.3, 0.4) is 0 Å². The van der Waals surface area contributed by atoms with E-state index in [2.05, 4.69) is 31.3 Å². The van der Waals surface area contributed by atoms with Gasteiger partial charge in [-0.05, 0) is 23.5 Å². The van der Waals surface area contributed by atoms with Crippen LogP contribution in [0, 0.1) is 0 Å². The Kier molecular flexibility index (Phi) is 4.16. The number of hydrogen-bond donors (Lipinski definition) is 2. The molecule has 15 heavy (non-hydrogen) atoms. The lowest BCUT2D eigenvalue weighted by Gasteiger charge is -2.12. The minimum absolute atomic E-state index is 0.471. The van der Waals surface area contributed by atoms with Crippen LogP contribution in [0.15, 0.2) is 24.3 Å². The average Bonchev–Trinajstić information content (AvgIpc) is 2.17. The van der Waals surface area contributed by atoms with Crippen LogP contribution < -0.4 is 5.32 Å². The Morgan fingerprint density at radius 2 is 2.07 bits per heavy atom. The molecule has 1 aromatic carbocycles. The van der Waals surface area contributed by atoms with E-state index in [0.29, 0.717) is 12.5 Å². The van der Waals surface area contributed by atoms with Crippen LogP contribution in [0.2, 0.25) is 0 Å². The van der Waals surface area contributed by atoms with E-state index in [9.17, 15) is 4.79 Å². The van der Waals surface area contributed by atoms with Gasteiger partial charge in [0.2, 0.25) is 0 Å². The van der Waals surface area contributed by atoms with Crippen LogP contribution in [0.4, 0.5) is 4.79 Å². The minimum atomic E-state index is -0.961. The molecule has 0 aromatic heterocycles. The van der Waals surface area contributed by atoms with Crippen molar-refractivity contribution in [2.24, 2.45) is 0 Å². The molecule has 0 aliphatic heterocycles. The van der Waals surface area contributed by atoms with Crippen molar-refractivity contribution in [1.82, 2.24) is 5.32 Å². The summed E-state index contributed by atoms with van der Waals surface area (Å²) in [5.41, 5.74) is 2.52. The van der Waals surface area contributed by atoms with E-state index in [1.54, 1.807) is 0 Å². The Morgan fingerprint density at radius 3 is 2.67 bits per heavy atom. The molecule has 0 aliphatic carbocycles. The van der Waals surface area contributed by atoms with Crippen LogP contribution >= 0.6 is 0 Å². The van der Waals surface area contributed by atoms with Crippen LogP contribution in [-0.2, 0) is 6.42 Å². The second-order valence-corrected chi connectivity index (χ2v) is 3.84. The highest BCUT2D eigenvalue weighted by Gasteiger charge is 2.05. The van der Waals surface area contributed by atoms with E-state index in [1.807, 2.05) is 12.1 Å². The normalized spacial score (nSPS) is 10.3. The number of rotatable bonds is 4. The van der Waals surface area contributed by atoms with Gasteiger partial charge in [-0.1, -0.05) is 38.1 Å². The van der Waals surface area contributed by atoms with Gasteiger partial charge >= 0.3 is 6.09 Å². The molecular formula is C12H17NO2. The third-order valence-electron chi connectivity index (χ3n) is 2.35. The molecule has 0 radical (unpaired) electrons. The second-order valence-electron chi connectivity index (χ2n) is 3.84. The Balaban J connectivity index is 2.63. The van der Waals surface area contributed by atoms with Crippen molar-refractivity contribution in [2.45, 2.75) is 26.2 Å². The Hall–Kier alpha value is -1.51. The fourth-order valence-corrected chi connectivity index (χ4v) is 1.63. The van der Waals surface area contributed by atoms with Crippen molar-refractivity contribution in [3.63, 3.8) is 0 Å². The summed E-state index contributed by atoms with van der Waals surface area (Å²) < 4.78 is 0. The van der Waals surface area contributed by atoms with Gasteiger partial charge in [-0.3, -0.25) is 0 Å². The standard InChI is InChI=1S/C12H17NO2/c1-9(2)11-6-4-3-5-10(11)7-8-13-12(14)15/h3-6,9,13H,7-8H2,1-2H3,(H,14,15). The number of carboxylic acid groups (broad SMARTS) is 1. The molecular weight excluding hydrogens is 190 g/mol. The first kappa shape index (κ1) is 11.6. The largest absolute Gasteiger partial charge is 0.465 e. The molecule has 0 saturated heterocycles. The summed E-state index contributed by atoms with van der Waals surface area (Å²) in [7, 11) is 0. The zero-order chi connectivity index (χ0) is 11.3. The Morgan fingerprint density at radius 1 is 1.40 bits per heavy atom. The first-order valence-electron chi connectivity index (χ1n) is 5.16. The average molecular weight is 207 g/mol. The van der Waals surface area contributed by atoms with Crippen molar-refractivity contribution in [3.05, 3.63) is 35.4 Å². The van der Waals surface area contributed by atoms with E-state index < -0.39 is 6.09 Å². The molecule has 0 atom stereocenters. The molecule has 1 aromatic rings. The molecule has 0 unspecified atom stereocenters. The number of amides is 1. The van der Waals surface area contributed by atoms with Gasteiger partial charge in [-0.15, -0.1) is 0 Å². The quantitative estimate of drug-likeness (QED) is 0.797. The van der Waals surface area contributed by atoms with Crippen molar-refractivity contribution in [1.29, 1.82) is 0 Å². The Bertz CT molecular complexity index is 334. The minimum Gasteiger partial charge on any atom is -0.465 e. The number of nitrogens with one attached hydrogen (secondary N) is 1. The third kappa shape index (κ3) is 3.62. The fraction of sp³-hybridized carbons (Fsp3) is 0.417. The van der Waals surface area contributed by atoms with Gasteiger partial charge in [0.1, 0.15) is 0 Å². The van der Waals surface area contributed by atoms with E-state index in [4.69, 9.17) is 5.11 Å². The summed E-state index contributed by atoms with van der Waals surface area (Å²) in [5.74, 6) is 0.478. The Labute approximate surface area is 90.1 Å². The molecule has 82 valence electrons. The SMILES string of the molecule is CC(C)c1ccccc1CCNC(=O)O. The molecule has 0 spiro atoms. The molecule has 0 heterocycles. The summed E-state index contributed by atoms with van der Waals surface area (Å²) in [5, 5.41) is 10.8. The van der Waals surface area contributed by atoms with E-state index in [1.165, 1.54) is 11.1 Å². The summed E-state index contributed by atoms with van der Waals surface area (Å²) in [4.78, 5) is 10.3. The second kappa shape index (κ2) is 5.39. The monoisotopic (exact) mass is 207 g/mol. The summed E-state index contributed by atoms with van der Waals surface area (Å²) in [6.45, 7) is 4.76.